The Morgan fingerprint density at radius 3 is 2.37 bits per heavy atom. The predicted octanol–water partition coefficient (Wildman–Crippen LogP) is 4.63. The molecule has 4 heteroatoms. The van der Waals surface area contributed by atoms with Crippen molar-refractivity contribution in [1.29, 1.82) is 0 Å². The lowest BCUT2D eigenvalue weighted by Gasteiger charge is -2.65. The molecule has 4 aliphatic carbocycles. The molecule has 0 aromatic heterocycles. The molecule has 4 rings (SSSR count). The Morgan fingerprint density at radius 1 is 0.926 bits per heavy atom. The van der Waals surface area contributed by atoms with Crippen LogP contribution in [0.4, 0.5) is 0 Å². The van der Waals surface area contributed by atoms with Gasteiger partial charge >= 0.3 is 5.97 Å². The highest BCUT2D eigenvalue weighted by Gasteiger charge is 2.64. The van der Waals surface area contributed by atoms with Crippen LogP contribution in [0.3, 0.4) is 0 Å². The number of carbonyl (C=O) groups excluding carboxylic acids is 1. The first-order valence-corrected chi connectivity index (χ1v) is 11.2. The molecule has 7 unspecified atom stereocenters. The number of amides is 1. The minimum atomic E-state index is -0.561. The number of carboxylic acid groups (broad SMARTS) is 1. The molecule has 4 saturated carbocycles. The largest absolute Gasteiger partial charge is 0.481 e. The van der Waals surface area contributed by atoms with E-state index in [4.69, 9.17) is 0 Å². The van der Waals surface area contributed by atoms with Gasteiger partial charge < -0.3 is 10.4 Å². The van der Waals surface area contributed by atoms with Crippen LogP contribution in [0.5, 0.6) is 0 Å². The highest BCUT2D eigenvalue weighted by Crippen LogP contribution is 2.71. The Bertz CT molecular complexity index is 629. The van der Waals surface area contributed by atoms with Crippen LogP contribution < -0.4 is 5.32 Å². The van der Waals surface area contributed by atoms with Crippen LogP contribution in [0, 0.1) is 39.9 Å². The molecule has 1 amide bonds. The number of hydrogen-bond acceptors (Lipinski definition) is 2. The van der Waals surface area contributed by atoms with Gasteiger partial charge in [0, 0.05) is 13.0 Å². The second kappa shape index (κ2) is 6.49. The van der Waals surface area contributed by atoms with E-state index in [1.807, 2.05) is 0 Å². The van der Waals surface area contributed by atoms with Crippen molar-refractivity contribution >= 4 is 11.9 Å². The average Bonchev–Trinajstić information content (AvgIpc) is 2.59. The van der Waals surface area contributed by atoms with Gasteiger partial charge in [0.25, 0.3) is 0 Å². The van der Waals surface area contributed by atoms with Gasteiger partial charge in [-0.25, -0.2) is 0 Å². The number of fused-ring (bicyclic) bond motifs is 5. The van der Waals surface area contributed by atoms with Crippen LogP contribution in [0.25, 0.3) is 0 Å². The smallest absolute Gasteiger partial charge is 0.309 e. The number of nitrogens with one attached hydrogen (secondary N) is 1. The van der Waals surface area contributed by atoms with Crippen LogP contribution in [-0.4, -0.2) is 24.0 Å². The molecule has 4 fully saturated rings. The molecule has 4 bridgehead atoms. The van der Waals surface area contributed by atoms with Crippen LogP contribution in [-0.2, 0) is 9.59 Å². The summed E-state index contributed by atoms with van der Waals surface area (Å²) in [7, 11) is 1.76. The summed E-state index contributed by atoms with van der Waals surface area (Å²) in [5.74, 6) is 1.57. The van der Waals surface area contributed by atoms with E-state index in [2.05, 4.69) is 19.2 Å². The van der Waals surface area contributed by atoms with Crippen LogP contribution in [0.1, 0.15) is 84.5 Å². The second-order valence-corrected chi connectivity index (χ2v) is 11.1. The van der Waals surface area contributed by atoms with Crippen molar-refractivity contribution in [2.45, 2.75) is 84.5 Å². The molecule has 0 radical (unpaired) electrons. The lowest BCUT2D eigenvalue weighted by molar-refractivity contribution is -0.187. The molecule has 0 aliphatic heterocycles. The van der Waals surface area contributed by atoms with E-state index < -0.39 is 11.4 Å². The van der Waals surface area contributed by atoms with Crippen molar-refractivity contribution in [2.75, 3.05) is 7.05 Å². The first-order chi connectivity index (χ1) is 12.7. The molecule has 0 saturated heterocycles. The van der Waals surface area contributed by atoms with E-state index in [0.29, 0.717) is 17.8 Å². The zero-order chi connectivity index (χ0) is 19.4. The fourth-order valence-corrected chi connectivity index (χ4v) is 8.68. The molecule has 0 heterocycles. The first kappa shape index (κ1) is 19.3. The van der Waals surface area contributed by atoms with Gasteiger partial charge in [0.1, 0.15) is 0 Å². The van der Waals surface area contributed by atoms with Crippen molar-refractivity contribution in [1.82, 2.24) is 5.32 Å². The van der Waals surface area contributed by atoms with Gasteiger partial charge in [0.2, 0.25) is 5.91 Å². The van der Waals surface area contributed by atoms with Gasteiger partial charge in [-0.3, -0.25) is 9.59 Å². The maximum Gasteiger partial charge on any atom is 0.309 e. The molecular weight excluding hydrogens is 338 g/mol. The maximum absolute atomic E-state index is 12.6. The van der Waals surface area contributed by atoms with Crippen molar-refractivity contribution in [3.05, 3.63) is 0 Å². The van der Waals surface area contributed by atoms with Crippen molar-refractivity contribution < 1.29 is 14.7 Å². The summed E-state index contributed by atoms with van der Waals surface area (Å²) in [5.41, 5.74) is -0.220. The predicted molar refractivity (Wildman–Crippen MR) is 105 cm³/mol. The molecule has 4 nitrogen and oxygen atoms in total. The highest BCUT2D eigenvalue weighted by molar-refractivity contribution is 5.78. The quantitative estimate of drug-likeness (QED) is 0.756. The Labute approximate surface area is 163 Å². The number of hydrogen-bond donors (Lipinski definition) is 2. The maximum atomic E-state index is 12.6. The second-order valence-electron chi connectivity index (χ2n) is 11.1. The number of carboxylic acids is 1. The SMILES string of the molecule is CNC(=O)C1CC2CC(C)CC(C34CCCC(C(=O)O)(CC(C)C3)C4)(C2)C1. The third-order valence-corrected chi connectivity index (χ3v) is 9.07. The van der Waals surface area contributed by atoms with E-state index in [0.717, 1.165) is 38.5 Å². The normalized spacial score (nSPS) is 49.3. The Kier molecular flexibility index (Phi) is 4.63. The molecule has 0 aromatic carbocycles. The summed E-state index contributed by atoms with van der Waals surface area (Å²) in [6.45, 7) is 4.66. The lowest BCUT2D eigenvalue weighted by atomic mass is 9.38. The highest BCUT2D eigenvalue weighted by atomic mass is 16.4. The molecule has 152 valence electrons. The summed E-state index contributed by atoms with van der Waals surface area (Å²) in [4.78, 5) is 25.0. The monoisotopic (exact) mass is 375 g/mol. The number of carbonyl (C=O) groups is 2. The zero-order valence-electron chi connectivity index (χ0n) is 17.4. The Morgan fingerprint density at radius 2 is 1.67 bits per heavy atom. The van der Waals surface area contributed by atoms with E-state index in [9.17, 15) is 14.7 Å². The minimum absolute atomic E-state index is 0.119. The van der Waals surface area contributed by atoms with Gasteiger partial charge in [-0.15, -0.1) is 0 Å². The summed E-state index contributed by atoms with van der Waals surface area (Å²) >= 11 is 0. The molecule has 0 spiro atoms. The van der Waals surface area contributed by atoms with Crippen molar-refractivity contribution in [3.63, 3.8) is 0 Å². The molecular formula is C23H37NO3. The molecule has 2 N–H and O–H groups in total. The molecule has 0 aromatic rings. The molecule has 27 heavy (non-hydrogen) atoms. The summed E-state index contributed by atoms with van der Waals surface area (Å²) in [5, 5.41) is 13.1. The van der Waals surface area contributed by atoms with Crippen LogP contribution >= 0.6 is 0 Å². The first-order valence-electron chi connectivity index (χ1n) is 11.2. The van der Waals surface area contributed by atoms with Crippen molar-refractivity contribution in [3.8, 4) is 0 Å². The van der Waals surface area contributed by atoms with Crippen LogP contribution in [0.15, 0.2) is 0 Å². The summed E-state index contributed by atoms with van der Waals surface area (Å²) in [6.07, 6.45) is 11.6. The van der Waals surface area contributed by atoms with E-state index in [-0.39, 0.29) is 22.7 Å². The van der Waals surface area contributed by atoms with Gasteiger partial charge in [-0.2, -0.15) is 0 Å². The third-order valence-electron chi connectivity index (χ3n) is 9.07. The van der Waals surface area contributed by atoms with Crippen LogP contribution in [0.2, 0.25) is 0 Å². The Hall–Kier alpha value is -1.06. The van der Waals surface area contributed by atoms with Gasteiger partial charge in [0.15, 0.2) is 0 Å². The number of rotatable bonds is 3. The van der Waals surface area contributed by atoms with Gasteiger partial charge in [0.05, 0.1) is 5.41 Å². The fourth-order valence-electron chi connectivity index (χ4n) is 8.68. The molecule has 7 atom stereocenters. The van der Waals surface area contributed by atoms with E-state index in [1.54, 1.807) is 7.05 Å². The third kappa shape index (κ3) is 2.93. The minimum Gasteiger partial charge on any atom is -0.481 e. The average molecular weight is 376 g/mol. The van der Waals surface area contributed by atoms with E-state index >= 15 is 0 Å². The standard InChI is InChI=1S/C23H37NO3/c1-15-7-17-8-18(19(25)24-3)13-23(10-15,12-17)22-6-4-5-21(14-22,20(26)27)9-16(2)11-22/h15-18H,4-14H2,1-3H3,(H,24,25)(H,26,27). The zero-order valence-corrected chi connectivity index (χ0v) is 17.4. The summed E-state index contributed by atoms with van der Waals surface area (Å²) < 4.78 is 0. The summed E-state index contributed by atoms with van der Waals surface area (Å²) in [6, 6.07) is 0. The number of aliphatic carboxylic acids is 1. The van der Waals surface area contributed by atoms with Crippen molar-refractivity contribution in [2.24, 2.45) is 39.9 Å². The van der Waals surface area contributed by atoms with Gasteiger partial charge in [-0.1, -0.05) is 20.3 Å². The lowest BCUT2D eigenvalue weighted by Crippen LogP contribution is -2.59. The Balaban J connectivity index is 1.75. The topological polar surface area (TPSA) is 66.4 Å². The van der Waals surface area contributed by atoms with E-state index in [1.165, 1.54) is 32.1 Å². The fraction of sp³-hybridized carbons (Fsp3) is 0.913. The van der Waals surface area contributed by atoms with Gasteiger partial charge in [-0.05, 0) is 92.8 Å². The molecule has 4 aliphatic rings.